The van der Waals surface area contributed by atoms with Gasteiger partial charge >= 0.3 is 0 Å². The number of halogens is 1. The van der Waals surface area contributed by atoms with Gasteiger partial charge in [0.05, 0.1) is 23.4 Å². The molecule has 8 heteroatoms. The first-order chi connectivity index (χ1) is 14.9. The van der Waals surface area contributed by atoms with Crippen molar-refractivity contribution in [3.8, 4) is 11.5 Å². The lowest BCUT2D eigenvalue weighted by atomic mass is 10.1. The van der Waals surface area contributed by atoms with E-state index in [-0.39, 0.29) is 5.91 Å². The number of hydrogen-bond donors (Lipinski definition) is 0. The molecule has 31 heavy (non-hydrogen) atoms. The van der Waals surface area contributed by atoms with Crippen molar-refractivity contribution in [2.75, 3.05) is 45.3 Å². The summed E-state index contributed by atoms with van der Waals surface area (Å²) in [5.74, 6) is 1.09. The van der Waals surface area contributed by atoms with Crippen LogP contribution in [0.25, 0.3) is 10.2 Å². The molecular weight excluding hydrogens is 434 g/mol. The average molecular weight is 462 g/mol. The molecule has 1 heterocycles. The Morgan fingerprint density at radius 1 is 1.03 bits per heavy atom. The van der Waals surface area contributed by atoms with Crippen LogP contribution in [0.5, 0.6) is 11.5 Å². The first kappa shape index (κ1) is 23.3. The van der Waals surface area contributed by atoms with Crippen LogP contribution in [0.15, 0.2) is 36.4 Å². The summed E-state index contributed by atoms with van der Waals surface area (Å²) in [5.41, 5.74) is 1.37. The van der Waals surface area contributed by atoms with Gasteiger partial charge in [-0.25, -0.2) is 4.98 Å². The van der Waals surface area contributed by atoms with E-state index in [4.69, 9.17) is 26.1 Å². The maximum atomic E-state index is 13.5. The molecule has 0 bridgehead atoms. The molecule has 0 unspecified atom stereocenters. The third-order valence-electron chi connectivity index (χ3n) is 4.59. The van der Waals surface area contributed by atoms with Crippen LogP contribution in [0.2, 0.25) is 5.02 Å². The summed E-state index contributed by atoms with van der Waals surface area (Å²) in [4.78, 5) is 22.1. The van der Waals surface area contributed by atoms with Gasteiger partial charge in [0.2, 0.25) is 0 Å². The summed E-state index contributed by atoms with van der Waals surface area (Å²) in [7, 11) is 4.04. The third kappa shape index (κ3) is 5.87. The van der Waals surface area contributed by atoms with Gasteiger partial charge in [0.15, 0.2) is 16.6 Å². The number of aromatic nitrogens is 1. The maximum absolute atomic E-state index is 13.5. The number of nitrogens with zero attached hydrogens (tertiary/aromatic N) is 3. The van der Waals surface area contributed by atoms with Gasteiger partial charge in [0, 0.05) is 17.1 Å². The van der Waals surface area contributed by atoms with E-state index in [0.29, 0.717) is 47.0 Å². The molecule has 0 aliphatic heterocycles. The molecule has 2 aromatic carbocycles. The third-order valence-corrected chi connectivity index (χ3v) is 5.87. The molecule has 0 spiro atoms. The van der Waals surface area contributed by atoms with Crippen molar-refractivity contribution in [1.29, 1.82) is 0 Å². The molecule has 0 saturated heterocycles. The molecule has 3 aromatic rings. The fraction of sp³-hybridized carbons (Fsp3) is 0.391. The standard InChI is InChI=1S/C23H28ClN3O3S/c1-5-29-19-11-8-16(14-20(19)30-6-2)22(28)27(13-7-12-26(3)4)23-25-18-10-9-17(24)15-21(18)31-23/h8-11,14-15H,5-7,12-13H2,1-4H3. The van der Waals surface area contributed by atoms with Crippen molar-refractivity contribution >= 4 is 44.2 Å². The van der Waals surface area contributed by atoms with Crippen LogP contribution in [-0.2, 0) is 0 Å². The number of rotatable bonds is 10. The van der Waals surface area contributed by atoms with Crippen LogP contribution in [-0.4, -0.2) is 56.2 Å². The number of hydrogen-bond acceptors (Lipinski definition) is 6. The fourth-order valence-corrected chi connectivity index (χ4v) is 4.44. The van der Waals surface area contributed by atoms with Gasteiger partial charge in [-0.2, -0.15) is 0 Å². The zero-order valence-electron chi connectivity index (χ0n) is 18.4. The lowest BCUT2D eigenvalue weighted by Gasteiger charge is -2.21. The number of anilines is 1. The van der Waals surface area contributed by atoms with Gasteiger partial charge in [-0.15, -0.1) is 0 Å². The van der Waals surface area contributed by atoms with E-state index in [9.17, 15) is 4.79 Å². The van der Waals surface area contributed by atoms with Crippen molar-refractivity contribution in [3.63, 3.8) is 0 Å². The predicted octanol–water partition coefficient (Wildman–Crippen LogP) is 5.35. The van der Waals surface area contributed by atoms with Crippen LogP contribution in [0, 0.1) is 0 Å². The Labute approximate surface area is 192 Å². The summed E-state index contributed by atoms with van der Waals surface area (Å²) < 4.78 is 12.3. The first-order valence-corrected chi connectivity index (χ1v) is 11.5. The molecule has 3 rings (SSSR count). The number of fused-ring (bicyclic) bond motifs is 1. The second kappa shape index (κ2) is 10.8. The van der Waals surface area contributed by atoms with E-state index in [1.165, 1.54) is 11.3 Å². The van der Waals surface area contributed by atoms with Crippen LogP contribution in [0.4, 0.5) is 5.13 Å². The van der Waals surface area contributed by atoms with Crippen LogP contribution in [0.3, 0.4) is 0 Å². The molecule has 1 amide bonds. The van der Waals surface area contributed by atoms with E-state index < -0.39 is 0 Å². The normalized spacial score (nSPS) is 11.2. The van der Waals surface area contributed by atoms with Crippen LogP contribution >= 0.6 is 22.9 Å². The predicted molar refractivity (Wildman–Crippen MR) is 128 cm³/mol. The van der Waals surface area contributed by atoms with Crippen molar-refractivity contribution in [2.45, 2.75) is 20.3 Å². The highest BCUT2D eigenvalue weighted by molar-refractivity contribution is 7.22. The van der Waals surface area contributed by atoms with Crippen molar-refractivity contribution in [1.82, 2.24) is 9.88 Å². The quantitative estimate of drug-likeness (QED) is 0.407. The van der Waals surface area contributed by atoms with Gasteiger partial charge < -0.3 is 14.4 Å². The number of carbonyl (C=O) groups excluding carboxylic acids is 1. The topological polar surface area (TPSA) is 54.9 Å². The zero-order chi connectivity index (χ0) is 22.4. The highest BCUT2D eigenvalue weighted by atomic mass is 35.5. The summed E-state index contributed by atoms with van der Waals surface area (Å²) in [6, 6.07) is 10.9. The van der Waals surface area contributed by atoms with E-state index in [2.05, 4.69) is 4.90 Å². The SMILES string of the molecule is CCOc1ccc(C(=O)N(CCCN(C)C)c2nc3ccc(Cl)cc3s2)cc1OCC. The second-order valence-corrected chi connectivity index (χ2v) is 8.70. The molecule has 0 N–H and O–H groups in total. The number of amides is 1. The minimum absolute atomic E-state index is 0.118. The number of benzene rings is 2. The summed E-state index contributed by atoms with van der Waals surface area (Å²) in [6.07, 6.45) is 0.824. The highest BCUT2D eigenvalue weighted by Crippen LogP contribution is 2.33. The average Bonchev–Trinajstić information content (AvgIpc) is 3.15. The molecule has 0 fully saturated rings. The minimum atomic E-state index is -0.118. The molecule has 6 nitrogen and oxygen atoms in total. The summed E-state index contributed by atoms with van der Waals surface area (Å²) in [5, 5.41) is 1.31. The fourth-order valence-electron chi connectivity index (χ4n) is 3.17. The summed E-state index contributed by atoms with van der Waals surface area (Å²) in [6.45, 7) is 6.27. The lowest BCUT2D eigenvalue weighted by molar-refractivity contribution is 0.0985. The van der Waals surface area contributed by atoms with E-state index >= 15 is 0 Å². The van der Waals surface area contributed by atoms with Crippen LogP contribution in [0.1, 0.15) is 30.6 Å². The molecule has 0 radical (unpaired) electrons. The smallest absolute Gasteiger partial charge is 0.260 e. The Balaban J connectivity index is 1.95. The monoisotopic (exact) mass is 461 g/mol. The van der Waals surface area contributed by atoms with Crippen LogP contribution < -0.4 is 14.4 Å². The van der Waals surface area contributed by atoms with Gasteiger partial charge in [0.25, 0.3) is 5.91 Å². The Kier molecular flexibility index (Phi) is 8.12. The first-order valence-electron chi connectivity index (χ1n) is 10.3. The second-order valence-electron chi connectivity index (χ2n) is 7.25. The largest absolute Gasteiger partial charge is 0.490 e. The van der Waals surface area contributed by atoms with Crippen molar-refractivity contribution in [2.24, 2.45) is 0 Å². The van der Waals surface area contributed by atoms with Gasteiger partial charge in [-0.3, -0.25) is 9.69 Å². The Hall–Kier alpha value is -2.35. The Morgan fingerprint density at radius 2 is 1.77 bits per heavy atom. The van der Waals surface area contributed by atoms with Gasteiger partial charge in [0.1, 0.15) is 0 Å². The van der Waals surface area contributed by atoms with Crippen molar-refractivity contribution < 1.29 is 14.3 Å². The van der Waals surface area contributed by atoms with Gasteiger partial charge in [-0.1, -0.05) is 22.9 Å². The molecule has 1 aromatic heterocycles. The summed E-state index contributed by atoms with van der Waals surface area (Å²) >= 11 is 7.61. The zero-order valence-corrected chi connectivity index (χ0v) is 19.9. The van der Waals surface area contributed by atoms with Gasteiger partial charge in [-0.05, 0) is 77.3 Å². The molecule has 0 aliphatic rings. The minimum Gasteiger partial charge on any atom is -0.490 e. The Morgan fingerprint density at radius 3 is 2.48 bits per heavy atom. The number of thiazole rings is 1. The maximum Gasteiger partial charge on any atom is 0.260 e. The van der Waals surface area contributed by atoms with Crippen molar-refractivity contribution in [3.05, 3.63) is 47.0 Å². The Bertz CT molecular complexity index is 1040. The molecule has 0 atom stereocenters. The van der Waals surface area contributed by atoms with E-state index in [0.717, 1.165) is 23.2 Å². The number of carbonyl (C=O) groups is 1. The molecule has 166 valence electrons. The molecular formula is C23H28ClN3O3S. The number of ether oxygens (including phenoxy) is 2. The molecule has 0 saturated carbocycles. The van der Waals surface area contributed by atoms with E-state index in [1.807, 2.05) is 46.1 Å². The lowest BCUT2D eigenvalue weighted by Crippen LogP contribution is -2.33. The van der Waals surface area contributed by atoms with E-state index in [1.54, 1.807) is 23.1 Å². The highest BCUT2D eigenvalue weighted by Gasteiger charge is 2.22. The molecule has 0 aliphatic carbocycles.